The maximum Gasteiger partial charge on any atom is 0.335 e. The van der Waals surface area contributed by atoms with Gasteiger partial charge >= 0.3 is 5.97 Å². The molecule has 62 valence electrons. The Kier molecular flexibility index (Phi) is 5.22. The standard InChI is InChI=1S/C8H13NO2/c1-3-5-6-11-8(10)7(9)4-2/h2,7H,3,5-6,9H2,1H3. The van der Waals surface area contributed by atoms with Crippen LogP contribution in [0.4, 0.5) is 0 Å². The van der Waals surface area contributed by atoms with Crippen LogP contribution in [0.2, 0.25) is 0 Å². The van der Waals surface area contributed by atoms with Gasteiger partial charge in [-0.1, -0.05) is 19.3 Å². The molecule has 0 fully saturated rings. The summed E-state index contributed by atoms with van der Waals surface area (Å²) in [6.07, 6.45) is 6.74. The lowest BCUT2D eigenvalue weighted by atomic mass is 10.3. The quantitative estimate of drug-likeness (QED) is 0.360. The van der Waals surface area contributed by atoms with Crippen LogP contribution in [0.3, 0.4) is 0 Å². The number of carbonyl (C=O) groups is 1. The molecule has 0 aromatic carbocycles. The summed E-state index contributed by atoms with van der Waals surface area (Å²) in [7, 11) is 0. The van der Waals surface area contributed by atoms with Crippen LogP contribution in [0, 0.1) is 12.3 Å². The van der Waals surface area contributed by atoms with Gasteiger partial charge in [-0.2, -0.15) is 0 Å². The fourth-order valence-electron chi connectivity index (χ4n) is 0.475. The van der Waals surface area contributed by atoms with E-state index < -0.39 is 12.0 Å². The van der Waals surface area contributed by atoms with E-state index in [-0.39, 0.29) is 0 Å². The number of hydrogen-bond acceptors (Lipinski definition) is 3. The predicted molar refractivity (Wildman–Crippen MR) is 42.7 cm³/mol. The summed E-state index contributed by atoms with van der Waals surface area (Å²) in [6.45, 7) is 2.42. The van der Waals surface area contributed by atoms with E-state index in [1.165, 1.54) is 0 Å². The van der Waals surface area contributed by atoms with Crippen LogP contribution >= 0.6 is 0 Å². The second-order valence-electron chi connectivity index (χ2n) is 2.17. The Morgan fingerprint density at radius 2 is 2.45 bits per heavy atom. The highest BCUT2D eigenvalue weighted by atomic mass is 16.5. The third kappa shape index (κ3) is 4.40. The first kappa shape index (κ1) is 9.99. The van der Waals surface area contributed by atoms with Crippen LogP contribution in [0.5, 0.6) is 0 Å². The van der Waals surface area contributed by atoms with Gasteiger partial charge in [-0.15, -0.1) is 6.42 Å². The van der Waals surface area contributed by atoms with Crippen molar-refractivity contribution in [1.82, 2.24) is 0 Å². The molecule has 1 atom stereocenters. The van der Waals surface area contributed by atoms with Gasteiger partial charge in [0, 0.05) is 0 Å². The first-order valence-electron chi connectivity index (χ1n) is 3.60. The number of terminal acetylenes is 1. The largest absolute Gasteiger partial charge is 0.464 e. The number of nitrogens with two attached hydrogens (primary N) is 1. The van der Waals surface area contributed by atoms with E-state index >= 15 is 0 Å². The van der Waals surface area contributed by atoms with Crippen LogP contribution in [-0.4, -0.2) is 18.6 Å². The Morgan fingerprint density at radius 3 is 2.91 bits per heavy atom. The zero-order valence-corrected chi connectivity index (χ0v) is 6.67. The van der Waals surface area contributed by atoms with Crippen LogP contribution in [-0.2, 0) is 9.53 Å². The summed E-state index contributed by atoms with van der Waals surface area (Å²) in [4.78, 5) is 10.8. The molecule has 0 amide bonds. The van der Waals surface area contributed by atoms with E-state index in [1.807, 2.05) is 6.92 Å². The SMILES string of the molecule is C#CC(N)C(=O)OCCCC. The molecule has 0 aliphatic rings. The average Bonchev–Trinajstić information content (AvgIpc) is 2.03. The highest BCUT2D eigenvalue weighted by Gasteiger charge is 2.09. The van der Waals surface area contributed by atoms with Crippen molar-refractivity contribution in [1.29, 1.82) is 0 Å². The van der Waals surface area contributed by atoms with E-state index in [1.54, 1.807) is 0 Å². The van der Waals surface area contributed by atoms with E-state index in [4.69, 9.17) is 16.9 Å². The fourth-order valence-corrected chi connectivity index (χ4v) is 0.475. The van der Waals surface area contributed by atoms with Crippen LogP contribution in [0.25, 0.3) is 0 Å². The van der Waals surface area contributed by atoms with E-state index in [0.717, 1.165) is 12.8 Å². The summed E-state index contributed by atoms with van der Waals surface area (Å²) in [6, 6.07) is -0.910. The Balaban J connectivity index is 3.46. The molecule has 0 spiro atoms. The van der Waals surface area contributed by atoms with Crippen LogP contribution in [0.1, 0.15) is 19.8 Å². The van der Waals surface area contributed by atoms with Gasteiger partial charge in [0.15, 0.2) is 6.04 Å². The number of esters is 1. The molecule has 0 aliphatic heterocycles. The zero-order valence-electron chi connectivity index (χ0n) is 6.67. The Bertz CT molecular complexity index is 160. The molecular weight excluding hydrogens is 142 g/mol. The summed E-state index contributed by atoms with van der Waals surface area (Å²) in [5, 5.41) is 0. The Labute approximate surface area is 66.9 Å². The lowest BCUT2D eigenvalue weighted by Gasteiger charge is -2.04. The van der Waals surface area contributed by atoms with Crippen LogP contribution < -0.4 is 5.73 Å². The zero-order chi connectivity index (χ0) is 8.69. The van der Waals surface area contributed by atoms with E-state index in [2.05, 4.69) is 5.92 Å². The van der Waals surface area contributed by atoms with Crippen molar-refractivity contribution < 1.29 is 9.53 Å². The lowest BCUT2D eigenvalue weighted by Crippen LogP contribution is -2.30. The minimum Gasteiger partial charge on any atom is -0.464 e. The van der Waals surface area contributed by atoms with Crippen molar-refractivity contribution in [2.45, 2.75) is 25.8 Å². The smallest absolute Gasteiger partial charge is 0.335 e. The van der Waals surface area contributed by atoms with Crippen molar-refractivity contribution in [3.05, 3.63) is 0 Å². The van der Waals surface area contributed by atoms with Gasteiger partial charge in [0.05, 0.1) is 6.61 Å². The van der Waals surface area contributed by atoms with Crippen molar-refractivity contribution in [2.24, 2.45) is 5.73 Å². The van der Waals surface area contributed by atoms with Gasteiger partial charge in [-0.05, 0) is 6.42 Å². The molecule has 0 saturated heterocycles. The second-order valence-corrected chi connectivity index (χ2v) is 2.17. The predicted octanol–water partition coefficient (Wildman–Crippen LogP) is 0.290. The van der Waals surface area contributed by atoms with Gasteiger partial charge in [0.25, 0.3) is 0 Å². The number of ether oxygens (including phenoxy) is 1. The average molecular weight is 155 g/mol. The number of unbranched alkanes of at least 4 members (excludes halogenated alkanes) is 1. The topological polar surface area (TPSA) is 52.3 Å². The van der Waals surface area contributed by atoms with Gasteiger partial charge in [0.1, 0.15) is 0 Å². The molecule has 0 heterocycles. The maximum absolute atomic E-state index is 10.8. The fraction of sp³-hybridized carbons (Fsp3) is 0.625. The maximum atomic E-state index is 10.8. The molecule has 11 heavy (non-hydrogen) atoms. The summed E-state index contributed by atoms with van der Waals surface area (Å²) in [5.74, 6) is 1.58. The second kappa shape index (κ2) is 5.75. The molecule has 2 N–H and O–H groups in total. The summed E-state index contributed by atoms with van der Waals surface area (Å²) >= 11 is 0. The summed E-state index contributed by atoms with van der Waals surface area (Å²) < 4.78 is 4.73. The molecule has 0 aromatic rings. The third-order valence-corrected chi connectivity index (χ3v) is 1.18. The molecule has 0 aliphatic carbocycles. The highest BCUT2D eigenvalue weighted by Crippen LogP contribution is 1.90. The molecular formula is C8H13NO2. The highest BCUT2D eigenvalue weighted by molar-refractivity contribution is 5.78. The van der Waals surface area contributed by atoms with E-state index in [9.17, 15) is 4.79 Å². The van der Waals surface area contributed by atoms with Crippen molar-refractivity contribution in [2.75, 3.05) is 6.61 Å². The van der Waals surface area contributed by atoms with Crippen LogP contribution in [0.15, 0.2) is 0 Å². The molecule has 1 unspecified atom stereocenters. The first-order chi connectivity index (χ1) is 5.22. The number of hydrogen-bond donors (Lipinski definition) is 1. The Hall–Kier alpha value is -1.01. The minimum atomic E-state index is -0.910. The molecule has 3 nitrogen and oxygen atoms in total. The lowest BCUT2D eigenvalue weighted by molar-refractivity contribution is -0.143. The molecule has 3 heteroatoms. The Morgan fingerprint density at radius 1 is 1.82 bits per heavy atom. The minimum absolute atomic E-state index is 0.407. The molecule has 0 bridgehead atoms. The van der Waals surface area contributed by atoms with Gasteiger partial charge < -0.3 is 10.5 Å². The normalized spacial score (nSPS) is 11.7. The van der Waals surface area contributed by atoms with Gasteiger partial charge in [-0.25, -0.2) is 4.79 Å². The van der Waals surface area contributed by atoms with Gasteiger partial charge in [0.2, 0.25) is 0 Å². The molecule has 0 aromatic heterocycles. The van der Waals surface area contributed by atoms with E-state index in [0.29, 0.717) is 6.61 Å². The first-order valence-corrected chi connectivity index (χ1v) is 3.60. The monoisotopic (exact) mass is 155 g/mol. The van der Waals surface area contributed by atoms with Crippen molar-refractivity contribution in [3.63, 3.8) is 0 Å². The van der Waals surface area contributed by atoms with Crippen molar-refractivity contribution in [3.8, 4) is 12.3 Å². The third-order valence-electron chi connectivity index (χ3n) is 1.18. The number of rotatable bonds is 4. The number of carbonyl (C=O) groups excluding carboxylic acids is 1. The molecule has 0 radical (unpaired) electrons. The van der Waals surface area contributed by atoms with Crippen molar-refractivity contribution >= 4 is 5.97 Å². The van der Waals surface area contributed by atoms with Gasteiger partial charge in [-0.3, -0.25) is 0 Å². The molecule has 0 saturated carbocycles. The summed E-state index contributed by atoms with van der Waals surface area (Å²) in [5.41, 5.74) is 5.19. The molecule has 0 rings (SSSR count).